The Kier molecular flexibility index (Phi) is 2.90. The van der Waals surface area contributed by atoms with Crippen molar-refractivity contribution >= 4 is 0 Å². The molecule has 0 aliphatic carbocycles. The molecule has 1 heterocycles. The van der Waals surface area contributed by atoms with Crippen molar-refractivity contribution in [2.24, 2.45) is 5.73 Å². The zero-order chi connectivity index (χ0) is 8.43. The summed E-state index contributed by atoms with van der Waals surface area (Å²) in [5, 5.41) is 0. The smallest absolute Gasteiger partial charge is 0.0195 e. The summed E-state index contributed by atoms with van der Waals surface area (Å²) in [5.41, 5.74) is 5.63. The monoisotopic (exact) mass is 156 g/mol. The van der Waals surface area contributed by atoms with E-state index in [9.17, 15) is 0 Å². The fourth-order valence-electron chi connectivity index (χ4n) is 2.21. The first kappa shape index (κ1) is 9.01. The topological polar surface area (TPSA) is 29.3 Å². The van der Waals surface area contributed by atoms with Gasteiger partial charge in [-0.05, 0) is 33.6 Å². The van der Waals surface area contributed by atoms with E-state index >= 15 is 0 Å². The van der Waals surface area contributed by atoms with Crippen LogP contribution in [-0.4, -0.2) is 29.6 Å². The van der Waals surface area contributed by atoms with E-state index in [1.54, 1.807) is 0 Å². The Morgan fingerprint density at radius 2 is 1.82 bits per heavy atom. The maximum absolute atomic E-state index is 5.63. The molecule has 0 saturated carbocycles. The van der Waals surface area contributed by atoms with Crippen molar-refractivity contribution in [1.29, 1.82) is 0 Å². The number of hydrogen-bond donors (Lipinski definition) is 1. The molecule has 11 heavy (non-hydrogen) atoms. The third-order valence-electron chi connectivity index (χ3n) is 2.87. The largest absolute Gasteiger partial charge is 0.329 e. The summed E-state index contributed by atoms with van der Waals surface area (Å²) in [6.45, 7) is 7.61. The Morgan fingerprint density at radius 3 is 2.18 bits per heavy atom. The van der Waals surface area contributed by atoms with Crippen LogP contribution in [0.3, 0.4) is 0 Å². The summed E-state index contributed by atoms with van der Waals surface area (Å²) < 4.78 is 0. The van der Waals surface area contributed by atoms with Gasteiger partial charge >= 0.3 is 0 Å². The molecule has 1 saturated heterocycles. The minimum Gasteiger partial charge on any atom is -0.329 e. The third kappa shape index (κ3) is 1.74. The second-order valence-corrected chi connectivity index (χ2v) is 3.81. The van der Waals surface area contributed by atoms with Gasteiger partial charge in [-0.2, -0.15) is 0 Å². The molecule has 0 aromatic rings. The van der Waals surface area contributed by atoms with Crippen molar-refractivity contribution < 1.29 is 0 Å². The van der Waals surface area contributed by atoms with E-state index in [4.69, 9.17) is 5.73 Å². The van der Waals surface area contributed by atoms with Gasteiger partial charge in [0.1, 0.15) is 0 Å². The molecule has 2 N–H and O–H groups in total. The summed E-state index contributed by atoms with van der Waals surface area (Å²) in [5.74, 6) is 0. The molecular formula is C9H20N2. The van der Waals surface area contributed by atoms with Gasteiger partial charge in [0, 0.05) is 24.7 Å². The van der Waals surface area contributed by atoms with Crippen molar-refractivity contribution in [3.8, 4) is 0 Å². The third-order valence-corrected chi connectivity index (χ3v) is 2.87. The molecule has 0 bridgehead atoms. The summed E-state index contributed by atoms with van der Waals surface area (Å²) in [7, 11) is 0. The van der Waals surface area contributed by atoms with Gasteiger partial charge in [0.25, 0.3) is 0 Å². The molecule has 1 fully saturated rings. The van der Waals surface area contributed by atoms with Gasteiger partial charge in [0.2, 0.25) is 0 Å². The van der Waals surface area contributed by atoms with E-state index in [0.717, 1.165) is 18.6 Å². The zero-order valence-electron chi connectivity index (χ0n) is 7.88. The maximum atomic E-state index is 5.63. The van der Waals surface area contributed by atoms with Gasteiger partial charge in [-0.15, -0.1) is 0 Å². The van der Waals surface area contributed by atoms with Crippen molar-refractivity contribution in [3.05, 3.63) is 0 Å². The van der Waals surface area contributed by atoms with Gasteiger partial charge in [-0.25, -0.2) is 0 Å². The van der Waals surface area contributed by atoms with Crippen molar-refractivity contribution in [3.63, 3.8) is 0 Å². The highest BCUT2D eigenvalue weighted by Gasteiger charge is 2.29. The maximum Gasteiger partial charge on any atom is 0.0195 e. The fraction of sp³-hybridized carbons (Fsp3) is 1.00. The summed E-state index contributed by atoms with van der Waals surface area (Å²) in [4.78, 5) is 2.54. The van der Waals surface area contributed by atoms with Crippen LogP contribution in [0.1, 0.15) is 33.6 Å². The number of rotatable bonds is 2. The van der Waals surface area contributed by atoms with Crippen LogP contribution in [0.5, 0.6) is 0 Å². The van der Waals surface area contributed by atoms with E-state index in [0.29, 0.717) is 6.04 Å². The standard InChI is InChI=1S/C9H20N2/c1-7-4-5-8(2)11(7)9(3)6-10/h7-9H,4-6,10H2,1-3H3. The first-order valence-electron chi connectivity index (χ1n) is 4.64. The second kappa shape index (κ2) is 3.55. The number of nitrogens with zero attached hydrogens (tertiary/aromatic N) is 1. The van der Waals surface area contributed by atoms with Crippen LogP contribution in [0, 0.1) is 0 Å². The average molecular weight is 156 g/mol. The molecule has 2 heteroatoms. The van der Waals surface area contributed by atoms with Crippen LogP contribution in [0.15, 0.2) is 0 Å². The number of hydrogen-bond acceptors (Lipinski definition) is 2. The van der Waals surface area contributed by atoms with E-state index in [2.05, 4.69) is 25.7 Å². The normalized spacial score (nSPS) is 36.0. The van der Waals surface area contributed by atoms with E-state index in [-0.39, 0.29) is 0 Å². The molecule has 0 aromatic heterocycles. The lowest BCUT2D eigenvalue weighted by Crippen LogP contribution is -2.44. The van der Waals surface area contributed by atoms with Crippen LogP contribution in [0.25, 0.3) is 0 Å². The zero-order valence-corrected chi connectivity index (χ0v) is 7.88. The molecule has 0 radical (unpaired) electrons. The van der Waals surface area contributed by atoms with Crippen LogP contribution >= 0.6 is 0 Å². The highest BCUT2D eigenvalue weighted by atomic mass is 15.2. The molecule has 3 unspecified atom stereocenters. The Bertz CT molecular complexity index is 115. The Balaban J connectivity index is 2.53. The lowest BCUT2D eigenvalue weighted by atomic mass is 10.2. The molecule has 3 atom stereocenters. The fourth-order valence-corrected chi connectivity index (χ4v) is 2.21. The minimum absolute atomic E-state index is 0.558. The van der Waals surface area contributed by atoms with Gasteiger partial charge in [0.15, 0.2) is 0 Å². The van der Waals surface area contributed by atoms with E-state index in [1.807, 2.05) is 0 Å². The molecule has 0 amide bonds. The Labute approximate surface area is 69.8 Å². The van der Waals surface area contributed by atoms with Crippen LogP contribution < -0.4 is 5.73 Å². The number of likely N-dealkylation sites (tertiary alicyclic amines) is 1. The Morgan fingerprint density at radius 1 is 1.36 bits per heavy atom. The highest BCUT2D eigenvalue weighted by Crippen LogP contribution is 2.25. The lowest BCUT2D eigenvalue weighted by molar-refractivity contribution is 0.160. The average Bonchev–Trinajstić information content (AvgIpc) is 2.30. The van der Waals surface area contributed by atoms with Gasteiger partial charge in [-0.3, -0.25) is 4.90 Å². The Hall–Kier alpha value is -0.0800. The number of nitrogens with two attached hydrogens (primary N) is 1. The summed E-state index contributed by atoms with van der Waals surface area (Å²) in [6.07, 6.45) is 2.68. The molecule has 1 aliphatic heterocycles. The van der Waals surface area contributed by atoms with Gasteiger partial charge < -0.3 is 5.73 Å². The van der Waals surface area contributed by atoms with E-state index in [1.165, 1.54) is 12.8 Å². The first-order valence-corrected chi connectivity index (χ1v) is 4.64. The molecule has 0 spiro atoms. The van der Waals surface area contributed by atoms with Gasteiger partial charge in [0.05, 0.1) is 0 Å². The molecular weight excluding hydrogens is 136 g/mol. The molecule has 2 nitrogen and oxygen atoms in total. The molecule has 0 aromatic carbocycles. The van der Waals surface area contributed by atoms with Crippen molar-refractivity contribution in [1.82, 2.24) is 4.90 Å². The molecule has 66 valence electrons. The summed E-state index contributed by atoms with van der Waals surface area (Å²) in [6, 6.07) is 2.04. The predicted molar refractivity (Wildman–Crippen MR) is 48.5 cm³/mol. The van der Waals surface area contributed by atoms with Crippen LogP contribution in [0.4, 0.5) is 0 Å². The molecule has 1 rings (SSSR count). The predicted octanol–water partition coefficient (Wildman–Crippen LogP) is 1.21. The van der Waals surface area contributed by atoms with Crippen LogP contribution in [-0.2, 0) is 0 Å². The molecule has 1 aliphatic rings. The quantitative estimate of drug-likeness (QED) is 0.651. The van der Waals surface area contributed by atoms with E-state index < -0.39 is 0 Å². The van der Waals surface area contributed by atoms with Crippen molar-refractivity contribution in [2.45, 2.75) is 51.7 Å². The second-order valence-electron chi connectivity index (χ2n) is 3.81. The minimum atomic E-state index is 0.558. The van der Waals surface area contributed by atoms with Crippen molar-refractivity contribution in [2.75, 3.05) is 6.54 Å². The van der Waals surface area contributed by atoms with Crippen LogP contribution in [0.2, 0.25) is 0 Å². The SMILES string of the molecule is CC(CN)N1C(C)CCC1C. The van der Waals surface area contributed by atoms with Gasteiger partial charge in [-0.1, -0.05) is 0 Å². The first-order chi connectivity index (χ1) is 5.16. The lowest BCUT2D eigenvalue weighted by Gasteiger charge is -2.31. The summed E-state index contributed by atoms with van der Waals surface area (Å²) >= 11 is 0. The highest BCUT2D eigenvalue weighted by molar-refractivity contribution is 4.86.